The first-order valence-corrected chi connectivity index (χ1v) is 6.26. The van der Waals surface area contributed by atoms with E-state index < -0.39 is 5.41 Å². The highest BCUT2D eigenvalue weighted by molar-refractivity contribution is 4.75. The van der Waals surface area contributed by atoms with Crippen molar-refractivity contribution in [2.75, 3.05) is 45.9 Å². The van der Waals surface area contributed by atoms with Gasteiger partial charge in [0, 0.05) is 25.0 Å². The monoisotopic (exact) mass is 232 g/mol. The maximum atomic E-state index is 9.11. The van der Waals surface area contributed by atoms with Gasteiger partial charge in [-0.15, -0.1) is 0 Å². The second-order valence-corrected chi connectivity index (χ2v) is 4.74. The van der Waals surface area contributed by atoms with Crippen LogP contribution in [-0.4, -0.2) is 61.1 Å². The fraction of sp³-hybridized carbons (Fsp3) is 1.00. The molecule has 0 aromatic rings. The topological polar surface area (TPSA) is 55.7 Å². The zero-order chi connectivity index (χ0) is 12.4. The van der Waals surface area contributed by atoms with E-state index in [4.69, 9.17) is 10.2 Å². The summed E-state index contributed by atoms with van der Waals surface area (Å²) in [6.07, 6.45) is 1.18. The molecule has 0 aliphatic carbocycles. The minimum Gasteiger partial charge on any atom is -0.396 e. The van der Waals surface area contributed by atoms with E-state index in [1.54, 1.807) is 0 Å². The fourth-order valence-corrected chi connectivity index (χ4v) is 1.53. The lowest BCUT2D eigenvalue weighted by Crippen LogP contribution is -2.41. The summed E-state index contributed by atoms with van der Waals surface area (Å²) in [6, 6.07) is 0. The number of aliphatic hydroxyl groups is 2. The van der Waals surface area contributed by atoms with E-state index in [1.807, 2.05) is 6.92 Å². The highest BCUT2D eigenvalue weighted by atomic mass is 16.3. The van der Waals surface area contributed by atoms with Crippen molar-refractivity contribution in [1.82, 2.24) is 10.2 Å². The molecule has 4 heteroatoms. The number of aliphatic hydroxyl groups excluding tert-OH is 2. The average molecular weight is 232 g/mol. The molecule has 0 aliphatic heterocycles. The van der Waals surface area contributed by atoms with Crippen molar-refractivity contribution < 1.29 is 10.2 Å². The minimum atomic E-state index is -0.401. The van der Waals surface area contributed by atoms with E-state index in [-0.39, 0.29) is 13.2 Å². The maximum Gasteiger partial charge on any atom is 0.0518 e. The summed E-state index contributed by atoms with van der Waals surface area (Å²) in [4.78, 5) is 2.39. The molecule has 0 rings (SSSR count). The zero-order valence-corrected chi connectivity index (χ0v) is 11.0. The van der Waals surface area contributed by atoms with Gasteiger partial charge in [0.05, 0.1) is 13.2 Å². The standard InChI is InChI=1S/C12H28N2O2/c1-4-7-14(5-2)8-6-13-9-12(3,10-15)11-16/h13,15-16H,4-11H2,1-3H3. The summed E-state index contributed by atoms with van der Waals surface area (Å²) in [5.41, 5.74) is -0.401. The summed E-state index contributed by atoms with van der Waals surface area (Å²) >= 11 is 0. The van der Waals surface area contributed by atoms with Gasteiger partial charge in [-0.2, -0.15) is 0 Å². The predicted octanol–water partition coefficient (Wildman–Crippen LogP) is 0.299. The largest absolute Gasteiger partial charge is 0.396 e. The smallest absolute Gasteiger partial charge is 0.0518 e. The van der Waals surface area contributed by atoms with Crippen molar-refractivity contribution >= 4 is 0 Å². The first-order chi connectivity index (χ1) is 7.61. The second kappa shape index (κ2) is 8.93. The van der Waals surface area contributed by atoms with Crippen LogP contribution in [0.25, 0.3) is 0 Å². The van der Waals surface area contributed by atoms with Gasteiger partial charge in [0.25, 0.3) is 0 Å². The fourth-order valence-electron chi connectivity index (χ4n) is 1.53. The lowest BCUT2D eigenvalue weighted by molar-refractivity contribution is 0.0693. The molecule has 0 amide bonds. The highest BCUT2D eigenvalue weighted by Gasteiger charge is 2.21. The van der Waals surface area contributed by atoms with E-state index >= 15 is 0 Å². The molecule has 0 bridgehead atoms. The normalized spacial score (nSPS) is 12.4. The van der Waals surface area contributed by atoms with Crippen LogP contribution in [0.3, 0.4) is 0 Å². The lowest BCUT2D eigenvalue weighted by atomic mass is 9.93. The van der Waals surface area contributed by atoms with Gasteiger partial charge >= 0.3 is 0 Å². The van der Waals surface area contributed by atoms with Crippen molar-refractivity contribution in [3.8, 4) is 0 Å². The quantitative estimate of drug-likeness (QED) is 0.474. The Morgan fingerprint density at radius 2 is 1.75 bits per heavy atom. The number of hydrogen-bond acceptors (Lipinski definition) is 4. The van der Waals surface area contributed by atoms with Gasteiger partial charge < -0.3 is 20.4 Å². The minimum absolute atomic E-state index is 0.0168. The SMILES string of the molecule is CCCN(CC)CCNCC(C)(CO)CO. The maximum absolute atomic E-state index is 9.11. The molecule has 0 unspecified atom stereocenters. The first-order valence-electron chi connectivity index (χ1n) is 6.26. The molecule has 0 spiro atoms. The Kier molecular flexibility index (Phi) is 8.84. The Morgan fingerprint density at radius 3 is 2.19 bits per heavy atom. The van der Waals surface area contributed by atoms with Crippen LogP contribution in [0, 0.1) is 5.41 Å². The van der Waals surface area contributed by atoms with Crippen LogP contribution in [0.4, 0.5) is 0 Å². The van der Waals surface area contributed by atoms with Crippen LogP contribution in [-0.2, 0) is 0 Å². The van der Waals surface area contributed by atoms with E-state index in [1.165, 1.54) is 6.42 Å². The van der Waals surface area contributed by atoms with Crippen molar-refractivity contribution in [3.63, 3.8) is 0 Å². The van der Waals surface area contributed by atoms with Crippen molar-refractivity contribution in [2.45, 2.75) is 27.2 Å². The number of rotatable bonds is 10. The summed E-state index contributed by atoms with van der Waals surface area (Å²) in [5, 5.41) is 21.5. The molecule has 16 heavy (non-hydrogen) atoms. The Bertz CT molecular complexity index is 161. The third-order valence-electron chi connectivity index (χ3n) is 2.91. The molecule has 0 fully saturated rings. The van der Waals surface area contributed by atoms with E-state index in [2.05, 4.69) is 24.1 Å². The predicted molar refractivity (Wildman–Crippen MR) is 67.6 cm³/mol. The molecule has 0 aromatic carbocycles. The highest BCUT2D eigenvalue weighted by Crippen LogP contribution is 2.11. The molecule has 0 heterocycles. The second-order valence-electron chi connectivity index (χ2n) is 4.74. The molecular weight excluding hydrogens is 204 g/mol. The van der Waals surface area contributed by atoms with Crippen LogP contribution in [0.2, 0.25) is 0 Å². The number of nitrogens with zero attached hydrogens (tertiary/aromatic N) is 1. The number of nitrogens with one attached hydrogen (secondary N) is 1. The molecule has 98 valence electrons. The van der Waals surface area contributed by atoms with E-state index in [0.717, 1.165) is 26.2 Å². The molecule has 0 saturated heterocycles. The molecule has 0 atom stereocenters. The third-order valence-corrected chi connectivity index (χ3v) is 2.91. The first kappa shape index (κ1) is 15.8. The van der Waals surface area contributed by atoms with Gasteiger partial charge in [0.2, 0.25) is 0 Å². The Labute approximate surface area is 99.7 Å². The van der Waals surface area contributed by atoms with Crippen LogP contribution in [0.15, 0.2) is 0 Å². The number of hydrogen-bond donors (Lipinski definition) is 3. The Hall–Kier alpha value is -0.160. The van der Waals surface area contributed by atoms with Gasteiger partial charge in [-0.05, 0) is 19.5 Å². The molecule has 0 aromatic heterocycles. The third kappa shape index (κ3) is 6.43. The lowest BCUT2D eigenvalue weighted by Gasteiger charge is -2.26. The van der Waals surface area contributed by atoms with Gasteiger partial charge in [-0.3, -0.25) is 0 Å². The summed E-state index contributed by atoms with van der Waals surface area (Å²) in [5.74, 6) is 0. The van der Waals surface area contributed by atoms with Gasteiger partial charge in [-0.1, -0.05) is 20.8 Å². The van der Waals surface area contributed by atoms with Gasteiger partial charge in [0.15, 0.2) is 0 Å². The Morgan fingerprint density at radius 1 is 1.12 bits per heavy atom. The summed E-state index contributed by atoms with van der Waals surface area (Å²) in [6.45, 7) is 11.1. The summed E-state index contributed by atoms with van der Waals surface area (Å²) in [7, 11) is 0. The van der Waals surface area contributed by atoms with Crippen LogP contribution in [0.5, 0.6) is 0 Å². The molecule has 4 nitrogen and oxygen atoms in total. The van der Waals surface area contributed by atoms with Crippen LogP contribution in [0.1, 0.15) is 27.2 Å². The zero-order valence-electron chi connectivity index (χ0n) is 11.0. The van der Waals surface area contributed by atoms with Gasteiger partial charge in [0.1, 0.15) is 0 Å². The summed E-state index contributed by atoms with van der Waals surface area (Å²) < 4.78 is 0. The average Bonchev–Trinajstić information content (AvgIpc) is 2.32. The molecule has 3 N–H and O–H groups in total. The molecular formula is C12H28N2O2. The van der Waals surface area contributed by atoms with Crippen LogP contribution >= 0.6 is 0 Å². The van der Waals surface area contributed by atoms with Crippen molar-refractivity contribution in [3.05, 3.63) is 0 Å². The van der Waals surface area contributed by atoms with Crippen molar-refractivity contribution in [1.29, 1.82) is 0 Å². The number of likely N-dealkylation sites (N-methyl/N-ethyl adjacent to an activating group) is 1. The molecule has 0 radical (unpaired) electrons. The van der Waals surface area contributed by atoms with E-state index in [9.17, 15) is 0 Å². The van der Waals surface area contributed by atoms with Gasteiger partial charge in [-0.25, -0.2) is 0 Å². The molecule has 0 aliphatic rings. The van der Waals surface area contributed by atoms with Crippen molar-refractivity contribution in [2.24, 2.45) is 5.41 Å². The van der Waals surface area contributed by atoms with Crippen LogP contribution < -0.4 is 5.32 Å². The Balaban J connectivity index is 3.65. The molecule has 0 saturated carbocycles. The van der Waals surface area contributed by atoms with E-state index in [0.29, 0.717) is 6.54 Å².